The van der Waals surface area contributed by atoms with Crippen molar-refractivity contribution in [3.8, 4) is 0 Å². The van der Waals surface area contributed by atoms with Crippen LogP contribution >= 0.6 is 0 Å². The van der Waals surface area contributed by atoms with E-state index in [1.165, 1.54) is 29.8 Å². The quantitative estimate of drug-likeness (QED) is 0.854. The number of imidazole rings is 1. The lowest BCUT2D eigenvalue weighted by Gasteiger charge is -1.99. The summed E-state index contributed by atoms with van der Waals surface area (Å²) >= 11 is 0. The SMILES string of the molecule is Cn1c(C(F)F)nc2cc(C(=O)O)ccc21. The van der Waals surface area contributed by atoms with Crippen LogP contribution in [0.15, 0.2) is 18.2 Å². The molecule has 84 valence electrons. The second-order valence-corrected chi connectivity index (χ2v) is 3.34. The molecular weight excluding hydrogens is 218 g/mol. The minimum absolute atomic E-state index is 0.0337. The summed E-state index contributed by atoms with van der Waals surface area (Å²) in [6, 6.07) is 4.11. The van der Waals surface area contributed by atoms with Crippen LogP contribution in [-0.4, -0.2) is 20.6 Å². The first-order valence-corrected chi connectivity index (χ1v) is 4.48. The van der Waals surface area contributed by atoms with Crippen molar-refractivity contribution in [2.75, 3.05) is 0 Å². The number of fused-ring (bicyclic) bond motifs is 1. The molecule has 1 aromatic heterocycles. The molecule has 4 nitrogen and oxygen atoms in total. The maximum atomic E-state index is 12.5. The largest absolute Gasteiger partial charge is 0.478 e. The van der Waals surface area contributed by atoms with Crippen molar-refractivity contribution in [3.05, 3.63) is 29.6 Å². The van der Waals surface area contributed by atoms with Gasteiger partial charge in [-0.2, -0.15) is 0 Å². The standard InChI is InChI=1S/C10H8F2N2O2/c1-14-7-3-2-5(10(15)16)4-6(7)13-9(14)8(11)12/h2-4,8H,1H3,(H,15,16). The molecule has 2 aromatic rings. The van der Waals surface area contributed by atoms with E-state index < -0.39 is 12.4 Å². The van der Waals surface area contributed by atoms with Crippen molar-refractivity contribution in [3.63, 3.8) is 0 Å². The van der Waals surface area contributed by atoms with Crippen LogP contribution in [0, 0.1) is 0 Å². The lowest BCUT2D eigenvalue weighted by molar-refractivity contribution is 0.0697. The van der Waals surface area contributed by atoms with Crippen molar-refractivity contribution in [1.82, 2.24) is 9.55 Å². The smallest absolute Gasteiger partial charge is 0.335 e. The molecule has 0 unspecified atom stereocenters. The number of carboxylic acid groups (broad SMARTS) is 1. The van der Waals surface area contributed by atoms with Gasteiger partial charge in [-0.3, -0.25) is 0 Å². The van der Waals surface area contributed by atoms with E-state index in [0.29, 0.717) is 5.52 Å². The zero-order valence-corrected chi connectivity index (χ0v) is 8.32. The fourth-order valence-electron chi connectivity index (χ4n) is 1.55. The average molecular weight is 226 g/mol. The van der Waals surface area contributed by atoms with E-state index in [1.807, 2.05) is 0 Å². The lowest BCUT2D eigenvalue weighted by Crippen LogP contribution is -1.97. The fourth-order valence-corrected chi connectivity index (χ4v) is 1.55. The van der Waals surface area contributed by atoms with E-state index in [1.54, 1.807) is 0 Å². The molecule has 16 heavy (non-hydrogen) atoms. The summed E-state index contributed by atoms with van der Waals surface area (Å²) in [6.45, 7) is 0. The van der Waals surface area contributed by atoms with E-state index in [-0.39, 0.29) is 16.9 Å². The third-order valence-electron chi connectivity index (χ3n) is 2.36. The highest BCUT2D eigenvalue weighted by molar-refractivity contribution is 5.92. The first-order valence-electron chi connectivity index (χ1n) is 4.48. The number of carbonyl (C=O) groups is 1. The Hall–Kier alpha value is -1.98. The van der Waals surface area contributed by atoms with Crippen LogP contribution in [0.4, 0.5) is 8.78 Å². The molecule has 6 heteroatoms. The Balaban J connectivity index is 2.67. The minimum atomic E-state index is -2.68. The lowest BCUT2D eigenvalue weighted by atomic mass is 10.2. The summed E-state index contributed by atoms with van der Waals surface area (Å²) in [6.07, 6.45) is -2.68. The van der Waals surface area contributed by atoms with Gasteiger partial charge in [0, 0.05) is 7.05 Å². The van der Waals surface area contributed by atoms with Crippen molar-refractivity contribution in [2.45, 2.75) is 6.43 Å². The molecule has 0 aliphatic rings. The van der Waals surface area contributed by atoms with Gasteiger partial charge in [-0.25, -0.2) is 18.6 Å². The summed E-state index contributed by atoms with van der Waals surface area (Å²) in [4.78, 5) is 14.4. The Morgan fingerprint density at radius 2 is 2.19 bits per heavy atom. The van der Waals surface area contributed by atoms with E-state index in [9.17, 15) is 13.6 Å². The van der Waals surface area contributed by atoms with E-state index in [0.717, 1.165) is 0 Å². The molecule has 1 N–H and O–H groups in total. The van der Waals surface area contributed by atoms with Crippen molar-refractivity contribution in [2.24, 2.45) is 7.05 Å². The van der Waals surface area contributed by atoms with E-state index in [2.05, 4.69) is 4.98 Å². The van der Waals surface area contributed by atoms with Crippen LogP contribution in [-0.2, 0) is 7.05 Å². The van der Waals surface area contributed by atoms with Gasteiger partial charge in [-0.1, -0.05) is 0 Å². The third kappa shape index (κ3) is 1.52. The number of alkyl halides is 2. The number of benzene rings is 1. The Morgan fingerprint density at radius 1 is 1.50 bits per heavy atom. The first kappa shape index (κ1) is 10.5. The molecule has 0 saturated carbocycles. The van der Waals surface area contributed by atoms with Crippen molar-refractivity contribution < 1.29 is 18.7 Å². The molecule has 0 radical (unpaired) electrons. The number of hydrogen-bond donors (Lipinski definition) is 1. The Morgan fingerprint density at radius 3 is 2.75 bits per heavy atom. The number of aryl methyl sites for hydroxylation is 1. The maximum absolute atomic E-state index is 12.5. The number of halogens is 2. The number of aromatic nitrogens is 2. The molecule has 1 aromatic carbocycles. The fraction of sp³-hybridized carbons (Fsp3) is 0.200. The zero-order valence-electron chi connectivity index (χ0n) is 8.32. The number of rotatable bonds is 2. The molecule has 0 fully saturated rings. The van der Waals surface area contributed by atoms with Crippen LogP contribution in [0.25, 0.3) is 11.0 Å². The maximum Gasteiger partial charge on any atom is 0.335 e. The minimum Gasteiger partial charge on any atom is -0.478 e. The van der Waals surface area contributed by atoms with Crippen LogP contribution in [0.5, 0.6) is 0 Å². The molecule has 0 atom stereocenters. The van der Waals surface area contributed by atoms with Crippen LogP contribution in [0.1, 0.15) is 22.6 Å². The molecule has 0 bridgehead atoms. The van der Waals surface area contributed by atoms with E-state index >= 15 is 0 Å². The molecule has 0 aliphatic carbocycles. The summed E-state index contributed by atoms with van der Waals surface area (Å²) < 4.78 is 26.3. The summed E-state index contributed by atoms with van der Waals surface area (Å²) in [5, 5.41) is 8.75. The predicted octanol–water partition coefficient (Wildman–Crippen LogP) is 2.21. The van der Waals surface area contributed by atoms with Gasteiger partial charge in [-0.05, 0) is 18.2 Å². The molecule has 0 saturated heterocycles. The van der Waals surface area contributed by atoms with Crippen LogP contribution in [0.3, 0.4) is 0 Å². The first-order chi connectivity index (χ1) is 7.50. The second-order valence-electron chi connectivity index (χ2n) is 3.34. The molecular formula is C10H8F2N2O2. The Bertz CT molecular complexity index is 563. The van der Waals surface area contributed by atoms with Gasteiger partial charge in [0.25, 0.3) is 6.43 Å². The monoisotopic (exact) mass is 226 g/mol. The number of carboxylic acids is 1. The van der Waals surface area contributed by atoms with Gasteiger partial charge in [0.1, 0.15) is 0 Å². The van der Waals surface area contributed by atoms with Gasteiger partial charge in [-0.15, -0.1) is 0 Å². The topological polar surface area (TPSA) is 55.1 Å². The number of hydrogen-bond acceptors (Lipinski definition) is 2. The van der Waals surface area contributed by atoms with Crippen LogP contribution in [0.2, 0.25) is 0 Å². The second kappa shape index (κ2) is 3.55. The molecule has 1 heterocycles. The molecule has 0 aliphatic heterocycles. The van der Waals surface area contributed by atoms with Gasteiger partial charge >= 0.3 is 5.97 Å². The summed E-state index contributed by atoms with van der Waals surface area (Å²) in [5.41, 5.74) is 0.782. The molecule has 0 spiro atoms. The van der Waals surface area contributed by atoms with Gasteiger partial charge < -0.3 is 9.67 Å². The van der Waals surface area contributed by atoms with E-state index in [4.69, 9.17) is 5.11 Å². The van der Waals surface area contributed by atoms with Crippen LogP contribution < -0.4 is 0 Å². The average Bonchev–Trinajstić information content (AvgIpc) is 2.55. The third-order valence-corrected chi connectivity index (χ3v) is 2.36. The Kier molecular flexibility index (Phi) is 2.34. The van der Waals surface area contributed by atoms with Gasteiger partial charge in [0.05, 0.1) is 16.6 Å². The number of aromatic carboxylic acids is 1. The number of nitrogens with zero attached hydrogens (tertiary/aromatic N) is 2. The highest BCUT2D eigenvalue weighted by Gasteiger charge is 2.17. The summed E-state index contributed by atoms with van der Waals surface area (Å²) in [5.74, 6) is -1.47. The zero-order chi connectivity index (χ0) is 11.9. The molecule has 2 rings (SSSR count). The molecule has 0 amide bonds. The van der Waals surface area contributed by atoms with Crippen molar-refractivity contribution in [1.29, 1.82) is 0 Å². The van der Waals surface area contributed by atoms with Gasteiger partial charge in [0.15, 0.2) is 5.82 Å². The van der Waals surface area contributed by atoms with Gasteiger partial charge in [0.2, 0.25) is 0 Å². The Labute approximate surface area is 89.1 Å². The van der Waals surface area contributed by atoms with Crippen molar-refractivity contribution >= 4 is 17.0 Å². The highest BCUT2D eigenvalue weighted by Crippen LogP contribution is 2.23. The predicted molar refractivity (Wildman–Crippen MR) is 52.6 cm³/mol. The normalized spacial score (nSPS) is 11.2. The summed E-state index contributed by atoms with van der Waals surface area (Å²) in [7, 11) is 1.47. The highest BCUT2D eigenvalue weighted by atomic mass is 19.3.